The number of carbonyl (C=O) groups is 2. The molecule has 0 aliphatic rings. The Morgan fingerprint density at radius 3 is 1.57 bits per heavy atom. The molecule has 108 valence electrons. The number of carboxylic acid groups (broad SMARTS) is 2. The van der Waals surface area contributed by atoms with Crippen LogP contribution in [0.2, 0.25) is 0 Å². The molecule has 0 atom stereocenters. The van der Waals surface area contributed by atoms with Gasteiger partial charge in [0.1, 0.15) is 0 Å². The third-order valence-corrected chi connectivity index (χ3v) is 2.35. The third-order valence-electron chi connectivity index (χ3n) is 2.35. The Kier molecular flexibility index (Phi) is 5.57. The minimum absolute atomic E-state index is 0.0422. The maximum Gasteiger partial charge on any atom is 0.335 e. The molecule has 0 spiro atoms. The Balaban J connectivity index is 0.000000219. The smallest absolute Gasteiger partial charge is 0.335 e. The molecule has 0 amide bonds. The summed E-state index contributed by atoms with van der Waals surface area (Å²) in [5.41, 5.74) is 0.262. The lowest BCUT2D eigenvalue weighted by Crippen LogP contribution is -1.96. The number of nitro benzene ring substituents is 1. The van der Waals surface area contributed by atoms with Crippen molar-refractivity contribution in [2.45, 2.75) is 0 Å². The quantitative estimate of drug-likeness (QED) is 0.662. The summed E-state index contributed by atoms with van der Waals surface area (Å²) < 4.78 is 0. The van der Waals surface area contributed by atoms with Gasteiger partial charge in [-0.15, -0.1) is 0 Å². The number of nitro groups is 1. The van der Waals surface area contributed by atoms with Crippen LogP contribution in [-0.2, 0) is 0 Å². The van der Waals surface area contributed by atoms with Crippen LogP contribution < -0.4 is 0 Å². The Labute approximate surface area is 119 Å². The summed E-state index contributed by atoms with van der Waals surface area (Å²) in [6.07, 6.45) is 0. The van der Waals surface area contributed by atoms with E-state index >= 15 is 0 Å². The first kappa shape index (κ1) is 15.8. The molecule has 0 saturated heterocycles. The van der Waals surface area contributed by atoms with Gasteiger partial charge >= 0.3 is 11.9 Å². The molecule has 0 aromatic heterocycles. The summed E-state index contributed by atoms with van der Waals surface area (Å²) in [6.45, 7) is 0. The summed E-state index contributed by atoms with van der Waals surface area (Å²) >= 11 is 0. The molecule has 7 nitrogen and oxygen atoms in total. The first-order chi connectivity index (χ1) is 9.91. The van der Waals surface area contributed by atoms with Crippen molar-refractivity contribution in [3.63, 3.8) is 0 Å². The lowest BCUT2D eigenvalue weighted by molar-refractivity contribution is -0.384. The number of carboxylic acids is 2. The zero-order chi connectivity index (χ0) is 15.8. The summed E-state index contributed by atoms with van der Waals surface area (Å²) in [6, 6.07) is 13.0. The molecule has 0 fully saturated rings. The maximum absolute atomic E-state index is 10.3. The van der Waals surface area contributed by atoms with Gasteiger partial charge in [0, 0.05) is 12.1 Å². The van der Waals surface area contributed by atoms with Crippen LogP contribution in [0.15, 0.2) is 54.6 Å². The molecule has 0 radical (unpaired) electrons. The first-order valence-electron chi connectivity index (χ1n) is 5.68. The number of rotatable bonds is 3. The minimum Gasteiger partial charge on any atom is -0.478 e. The highest BCUT2D eigenvalue weighted by molar-refractivity contribution is 5.88. The van der Waals surface area contributed by atoms with Crippen molar-refractivity contribution >= 4 is 17.6 Å². The number of non-ortho nitro benzene ring substituents is 1. The second kappa shape index (κ2) is 7.39. The van der Waals surface area contributed by atoms with Gasteiger partial charge in [0.05, 0.1) is 16.1 Å². The standard InChI is InChI=1S/C7H5NO4.C7H6O2/c9-7(10)5-1-3-6(4-2-5)8(11)12;8-7(9)6-4-2-1-3-5-6/h1-4H,(H,9,10);1-5H,(H,8,9). The van der Waals surface area contributed by atoms with E-state index in [9.17, 15) is 19.7 Å². The van der Waals surface area contributed by atoms with Crippen molar-refractivity contribution in [2.75, 3.05) is 0 Å². The SMILES string of the molecule is O=C(O)c1ccc([N+](=O)[O-])cc1.O=C(O)c1ccccc1. The van der Waals surface area contributed by atoms with Crippen molar-refractivity contribution in [1.82, 2.24) is 0 Å². The second-order valence-electron chi connectivity index (χ2n) is 3.78. The summed E-state index contributed by atoms with van der Waals surface area (Å²) in [5, 5.41) is 27.0. The van der Waals surface area contributed by atoms with Gasteiger partial charge in [0.25, 0.3) is 5.69 Å². The largest absolute Gasteiger partial charge is 0.478 e. The molecular weight excluding hydrogens is 278 g/mol. The first-order valence-corrected chi connectivity index (χ1v) is 5.68. The normalized spacial score (nSPS) is 9.14. The molecule has 21 heavy (non-hydrogen) atoms. The van der Waals surface area contributed by atoms with E-state index in [1.165, 1.54) is 12.1 Å². The Hall–Kier alpha value is -3.22. The highest BCUT2D eigenvalue weighted by Crippen LogP contribution is 2.11. The average molecular weight is 289 g/mol. The van der Waals surface area contributed by atoms with Crippen LogP contribution in [0.5, 0.6) is 0 Å². The molecule has 0 aliphatic carbocycles. The minimum atomic E-state index is -1.09. The maximum atomic E-state index is 10.3. The number of hydrogen-bond acceptors (Lipinski definition) is 4. The average Bonchev–Trinajstić information content (AvgIpc) is 2.49. The molecular formula is C14H11NO6. The van der Waals surface area contributed by atoms with Gasteiger partial charge in [-0.05, 0) is 24.3 Å². The van der Waals surface area contributed by atoms with Crippen LogP contribution in [0.4, 0.5) is 5.69 Å². The molecule has 7 heteroatoms. The number of hydrogen-bond donors (Lipinski definition) is 2. The molecule has 2 N–H and O–H groups in total. The molecule has 0 saturated carbocycles. The molecule has 0 bridgehead atoms. The zero-order valence-electron chi connectivity index (χ0n) is 10.7. The summed E-state index contributed by atoms with van der Waals surface area (Å²) in [5.74, 6) is -1.97. The van der Waals surface area contributed by atoms with Crippen LogP contribution in [0, 0.1) is 10.1 Å². The van der Waals surface area contributed by atoms with E-state index in [0.717, 1.165) is 12.1 Å². The lowest BCUT2D eigenvalue weighted by atomic mass is 10.2. The highest BCUT2D eigenvalue weighted by atomic mass is 16.6. The fraction of sp³-hybridized carbons (Fsp3) is 0. The van der Waals surface area contributed by atoms with Gasteiger partial charge in [0.2, 0.25) is 0 Å². The Bertz CT molecular complexity index is 603. The number of aromatic carboxylic acids is 2. The Morgan fingerprint density at radius 1 is 0.810 bits per heavy atom. The van der Waals surface area contributed by atoms with Crippen molar-refractivity contribution in [3.8, 4) is 0 Å². The van der Waals surface area contributed by atoms with E-state index in [1.807, 2.05) is 0 Å². The van der Waals surface area contributed by atoms with Crippen LogP contribution >= 0.6 is 0 Å². The van der Waals surface area contributed by atoms with Crippen molar-refractivity contribution in [2.24, 2.45) is 0 Å². The van der Waals surface area contributed by atoms with E-state index in [-0.39, 0.29) is 11.3 Å². The van der Waals surface area contributed by atoms with Crippen LogP contribution in [0.25, 0.3) is 0 Å². The fourth-order valence-corrected chi connectivity index (χ4v) is 1.31. The predicted octanol–water partition coefficient (Wildman–Crippen LogP) is 2.68. The lowest BCUT2D eigenvalue weighted by Gasteiger charge is -1.92. The predicted molar refractivity (Wildman–Crippen MR) is 73.5 cm³/mol. The van der Waals surface area contributed by atoms with Gasteiger partial charge in [0.15, 0.2) is 0 Å². The van der Waals surface area contributed by atoms with E-state index in [4.69, 9.17) is 10.2 Å². The van der Waals surface area contributed by atoms with Crippen molar-refractivity contribution in [3.05, 3.63) is 75.8 Å². The van der Waals surface area contributed by atoms with Gasteiger partial charge < -0.3 is 10.2 Å². The highest BCUT2D eigenvalue weighted by Gasteiger charge is 2.06. The Morgan fingerprint density at radius 2 is 1.24 bits per heavy atom. The van der Waals surface area contributed by atoms with Crippen LogP contribution in [0.1, 0.15) is 20.7 Å². The van der Waals surface area contributed by atoms with E-state index in [0.29, 0.717) is 5.56 Å². The van der Waals surface area contributed by atoms with Gasteiger partial charge in [-0.2, -0.15) is 0 Å². The topological polar surface area (TPSA) is 118 Å². The van der Waals surface area contributed by atoms with Crippen LogP contribution in [-0.4, -0.2) is 27.1 Å². The molecule has 0 aliphatic heterocycles. The second-order valence-corrected chi connectivity index (χ2v) is 3.78. The molecule has 2 aromatic rings. The third kappa shape index (κ3) is 5.11. The molecule has 2 rings (SSSR count). The molecule has 0 heterocycles. The van der Waals surface area contributed by atoms with Gasteiger partial charge in [-0.3, -0.25) is 10.1 Å². The fourth-order valence-electron chi connectivity index (χ4n) is 1.31. The zero-order valence-corrected chi connectivity index (χ0v) is 10.7. The summed E-state index contributed by atoms with van der Waals surface area (Å²) in [7, 11) is 0. The van der Waals surface area contributed by atoms with E-state index in [1.54, 1.807) is 30.3 Å². The van der Waals surface area contributed by atoms with Crippen molar-refractivity contribution in [1.29, 1.82) is 0 Å². The number of benzene rings is 2. The number of nitrogens with zero attached hydrogens (tertiary/aromatic N) is 1. The molecule has 0 unspecified atom stereocenters. The van der Waals surface area contributed by atoms with Gasteiger partial charge in [-0.25, -0.2) is 9.59 Å². The van der Waals surface area contributed by atoms with E-state index < -0.39 is 16.9 Å². The van der Waals surface area contributed by atoms with Crippen molar-refractivity contribution < 1.29 is 24.7 Å². The van der Waals surface area contributed by atoms with Gasteiger partial charge in [-0.1, -0.05) is 18.2 Å². The van der Waals surface area contributed by atoms with Crippen LogP contribution in [0.3, 0.4) is 0 Å². The molecule has 2 aromatic carbocycles. The summed E-state index contributed by atoms with van der Waals surface area (Å²) in [4.78, 5) is 30.1. The van der Waals surface area contributed by atoms with E-state index in [2.05, 4.69) is 0 Å². The monoisotopic (exact) mass is 289 g/mol.